The fourth-order valence-electron chi connectivity index (χ4n) is 4.81. The quantitative estimate of drug-likeness (QED) is 0.513. The Kier molecular flexibility index (Phi) is 7.50. The largest absolute Gasteiger partial charge is 0.459 e. The number of imidazole rings is 1. The summed E-state index contributed by atoms with van der Waals surface area (Å²) in [6.45, 7) is 9.61. The van der Waals surface area contributed by atoms with Gasteiger partial charge in [0, 0.05) is 32.3 Å². The molecular formula is C25H38N8O. The lowest BCUT2D eigenvalue weighted by atomic mass is 9.96. The lowest BCUT2D eigenvalue weighted by Gasteiger charge is -2.34. The van der Waals surface area contributed by atoms with E-state index in [1.165, 1.54) is 18.4 Å². The Morgan fingerprint density at radius 1 is 1.15 bits per heavy atom. The predicted molar refractivity (Wildman–Crippen MR) is 135 cm³/mol. The van der Waals surface area contributed by atoms with E-state index >= 15 is 0 Å². The van der Waals surface area contributed by atoms with Crippen molar-refractivity contribution in [2.45, 2.75) is 59.0 Å². The molecule has 0 amide bonds. The van der Waals surface area contributed by atoms with E-state index in [1.807, 2.05) is 6.20 Å². The predicted octanol–water partition coefficient (Wildman–Crippen LogP) is 3.35. The summed E-state index contributed by atoms with van der Waals surface area (Å²) in [4.78, 5) is 18.3. The summed E-state index contributed by atoms with van der Waals surface area (Å²) in [7, 11) is 4.31. The van der Waals surface area contributed by atoms with Crippen LogP contribution in [0.5, 0.6) is 6.01 Å². The van der Waals surface area contributed by atoms with E-state index in [9.17, 15) is 0 Å². The van der Waals surface area contributed by atoms with Crippen LogP contribution < -0.4 is 15.4 Å². The van der Waals surface area contributed by atoms with Crippen molar-refractivity contribution in [2.75, 3.05) is 44.4 Å². The smallest absolute Gasteiger partial charge is 0.336 e. The van der Waals surface area contributed by atoms with Crippen molar-refractivity contribution in [2.24, 2.45) is 5.92 Å². The van der Waals surface area contributed by atoms with Crippen LogP contribution in [-0.2, 0) is 6.42 Å². The normalized spacial score (nSPS) is 15.1. The molecule has 0 spiro atoms. The van der Waals surface area contributed by atoms with Gasteiger partial charge in [-0.05, 0) is 63.7 Å². The molecule has 9 nitrogen and oxygen atoms in total. The molecule has 3 aromatic rings. The number of rotatable bonds is 9. The summed E-state index contributed by atoms with van der Waals surface area (Å²) in [5.41, 5.74) is 9.94. The van der Waals surface area contributed by atoms with E-state index in [-0.39, 0.29) is 6.10 Å². The molecule has 0 radical (unpaired) electrons. The van der Waals surface area contributed by atoms with Crippen LogP contribution in [-0.4, -0.2) is 69.3 Å². The Balaban J connectivity index is 1.49. The second-order valence-electron chi connectivity index (χ2n) is 9.67. The third-order valence-electron chi connectivity index (χ3n) is 6.65. The molecule has 0 aromatic carbocycles. The Morgan fingerprint density at radius 3 is 2.53 bits per heavy atom. The number of nitrogen functional groups attached to an aromatic ring is 1. The lowest BCUT2D eigenvalue weighted by Crippen LogP contribution is -2.37. The third-order valence-corrected chi connectivity index (χ3v) is 6.65. The van der Waals surface area contributed by atoms with Crippen molar-refractivity contribution in [3.05, 3.63) is 35.3 Å². The van der Waals surface area contributed by atoms with E-state index in [0.29, 0.717) is 23.9 Å². The number of aryl methyl sites for hydroxylation is 1. The number of anilines is 2. The first kappa shape index (κ1) is 24.2. The van der Waals surface area contributed by atoms with Gasteiger partial charge in [-0.15, -0.1) is 5.10 Å². The van der Waals surface area contributed by atoms with Gasteiger partial charge in [0.2, 0.25) is 0 Å². The Labute approximate surface area is 202 Å². The zero-order chi connectivity index (χ0) is 24.2. The number of aromatic nitrogens is 5. The van der Waals surface area contributed by atoms with Gasteiger partial charge in [0.1, 0.15) is 11.9 Å². The fourth-order valence-corrected chi connectivity index (χ4v) is 4.81. The van der Waals surface area contributed by atoms with Crippen LogP contribution in [0.4, 0.5) is 11.6 Å². The minimum Gasteiger partial charge on any atom is -0.459 e. The summed E-state index contributed by atoms with van der Waals surface area (Å²) < 4.78 is 7.68. The molecular weight excluding hydrogens is 428 g/mol. The maximum Gasteiger partial charge on any atom is 0.336 e. The second-order valence-corrected chi connectivity index (χ2v) is 9.67. The molecule has 1 aliphatic rings. The van der Waals surface area contributed by atoms with Crippen molar-refractivity contribution < 1.29 is 4.74 Å². The SMILES string of the molecule is CCC(CC)Oc1nc(N)c2ncc(Cc3cnc(N4CCC(CN(C)C)CC4)c(C)c3)n2n1. The van der Waals surface area contributed by atoms with Gasteiger partial charge in [-0.1, -0.05) is 19.9 Å². The molecule has 9 heteroatoms. The summed E-state index contributed by atoms with van der Waals surface area (Å²) >= 11 is 0. The van der Waals surface area contributed by atoms with Gasteiger partial charge in [-0.25, -0.2) is 14.5 Å². The van der Waals surface area contributed by atoms with Gasteiger partial charge in [0.05, 0.1) is 11.9 Å². The average Bonchev–Trinajstić information content (AvgIpc) is 3.21. The van der Waals surface area contributed by atoms with Crippen LogP contribution in [0.3, 0.4) is 0 Å². The maximum atomic E-state index is 6.15. The zero-order valence-electron chi connectivity index (χ0n) is 21.2. The number of hydrogen-bond donors (Lipinski definition) is 1. The summed E-state index contributed by atoms with van der Waals surface area (Å²) in [6, 6.07) is 2.51. The molecule has 4 rings (SSSR count). The molecule has 0 aliphatic carbocycles. The van der Waals surface area contributed by atoms with Crippen LogP contribution in [0.15, 0.2) is 18.5 Å². The highest BCUT2D eigenvalue weighted by Crippen LogP contribution is 2.26. The van der Waals surface area contributed by atoms with Gasteiger partial charge in [0.25, 0.3) is 0 Å². The fraction of sp³-hybridized carbons (Fsp3) is 0.600. The number of pyridine rings is 1. The van der Waals surface area contributed by atoms with Crippen molar-refractivity contribution in [3.8, 4) is 6.01 Å². The molecule has 4 heterocycles. The van der Waals surface area contributed by atoms with Gasteiger partial charge in [0.15, 0.2) is 11.5 Å². The Morgan fingerprint density at radius 2 is 1.88 bits per heavy atom. The van der Waals surface area contributed by atoms with Crippen LogP contribution in [0.1, 0.15) is 56.4 Å². The van der Waals surface area contributed by atoms with Crippen molar-refractivity contribution in [1.82, 2.24) is 29.5 Å². The molecule has 1 saturated heterocycles. The monoisotopic (exact) mass is 466 g/mol. The topological polar surface area (TPSA) is 97.7 Å². The molecule has 34 heavy (non-hydrogen) atoms. The second kappa shape index (κ2) is 10.5. The third kappa shape index (κ3) is 5.41. The molecule has 1 aliphatic heterocycles. The molecule has 184 valence electrons. The summed E-state index contributed by atoms with van der Waals surface area (Å²) in [5, 5.41) is 4.58. The van der Waals surface area contributed by atoms with Crippen molar-refractivity contribution in [3.63, 3.8) is 0 Å². The minimum absolute atomic E-state index is 0.0659. The van der Waals surface area contributed by atoms with E-state index in [0.717, 1.165) is 55.5 Å². The molecule has 1 fully saturated rings. The van der Waals surface area contributed by atoms with Gasteiger partial charge < -0.3 is 20.3 Å². The molecule has 3 aromatic heterocycles. The average molecular weight is 467 g/mol. The lowest BCUT2D eigenvalue weighted by molar-refractivity contribution is 0.174. The van der Waals surface area contributed by atoms with Gasteiger partial charge in [-0.2, -0.15) is 4.98 Å². The number of ether oxygens (including phenoxy) is 1. The molecule has 0 bridgehead atoms. The molecule has 2 N–H and O–H groups in total. The van der Waals surface area contributed by atoms with Gasteiger partial charge >= 0.3 is 6.01 Å². The summed E-state index contributed by atoms with van der Waals surface area (Å²) in [6.07, 6.45) is 8.70. The zero-order valence-corrected chi connectivity index (χ0v) is 21.2. The first-order valence-corrected chi connectivity index (χ1v) is 12.4. The van der Waals surface area contributed by atoms with Gasteiger partial charge in [-0.3, -0.25) is 0 Å². The highest BCUT2D eigenvalue weighted by molar-refractivity contribution is 5.60. The maximum absolute atomic E-state index is 6.15. The number of hydrogen-bond acceptors (Lipinski definition) is 8. The van der Waals surface area contributed by atoms with Crippen molar-refractivity contribution in [1.29, 1.82) is 0 Å². The van der Waals surface area contributed by atoms with E-state index in [4.69, 9.17) is 15.5 Å². The highest BCUT2D eigenvalue weighted by Gasteiger charge is 2.22. The number of nitrogens with zero attached hydrogens (tertiary/aromatic N) is 7. The van der Waals surface area contributed by atoms with Crippen LogP contribution in [0.25, 0.3) is 5.65 Å². The summed E-state index contributed by atoms with van der Waals surface area (Å²) in [5.74, 6) is 2.19. The molecule has 0 atom stereocenters. The molecule has 0 unspecified atom stereocenters. The Bertz CT molecular complexity index is 1100. The highest BCUT2D eigenvalue weighted by atomic mass is 16.5. The number of fused-ring (bicyclic) bond motifs is 1. The van der Waals surface area contributed by atoms with E-state index < -0.39 is 0 Å². The van der Waals surface area contributed by atoms with Crippen LogP contribution >= 0.6 is 0 Å². The van der Waals surface area contributed by atoms with E-state index in [1.54, 1.807) is 10.7 Å². The standard InChI is InChI=1S/C25H38N8O/c1-6-21(7-2)34-25-29-22(26)24-28-15-20(33(24)30-25)13-19-12-17(3)23(27-14-19)32-10-8-18(9-11-32)16-31(4)5/h12,14-15,18,21H,6-11,13,16H2,1-5H3,(H2,26,29,30). The van der Waals surface area contributed by atoms with Crippen LogP contribution in [0.2, 0.25) is 0 Å². The van der Waals surface area contributed by atoms with E-state index in [2.05, 4.69) is 65.8 Å². The number of nitrogens with two attached hydrogens (primary N) is 1. The number of piperidine rings is 1. The Hall–Kier alpha value is -2.94. The first-order valence-electron chi connectivity index (χ1n) is 12.4. The van der Waals surface area contributed by atoms with Crippen molar-refractivity contribution >= 4 is 17.3 Å². The first-order chi connectivity index (χ1) is 16.4. The van der Waals surface area contributed by atoms with Crippen LogP contribution in [0, 0.1) is 12.8 Å². The molecule has 0 saturated carbocycles. The minimum atomic E-state index is 0.0659.